The third-order valence-electron chi connectivity index (χ3n) is 6.68. The third-order valence-corrected chi connectivity index (χ3v) is 6.68. The molecule has 2 saturated heterocycles. The first-order chi connectivity index (χ1) is 15.4. The fourth-order valence-electron chi connectivity index (χ4n) is 4.86. The zero-order valence-corrected chi connectivity index (χ0v) is 18.8. The van der Waals surface area contributed by atoms with Gasteiger partial charge in [0, 0.05) is 69.5 Å². The van der Waals surface area contributed by atoms with E-state index in [2.05, 4.69) is 15.1 Å². The van der Waals surface area contributed by atoms with Crippen molar-refractivity contribution in [2.24, 2.45) is 5.73 Å². The molecule has 2 fully saturated rings. The second-order valence-corrected chi connectivity index (χ2v) is 8.74. The molecule has 9 heteroatoms. The smallest absolute Gasteiger partial charge is 0.320 e. The number of likely N-dealkylation sites (N-methyl/N-ethyl adjacent to an activating group) is 1. The highest BCUT2D eigenvalue weighted by Gasteiger charge is 2.29. The van der Waals surface area contributed by atoms with Crippen LogP contribution in [0.3, 0.4) is 0 Å². The SMILES string of the molecule is CN(Cc1c(C=O)cccc1N1CCC(N2CCNCC2)CC1)C(CCC(N)=O)C(=O)O. The van der Waals surface area contributed by atoms with Crippen LogP contribution in [0.5, 0.6) is 0 Å². The Morgan fingerprint density at radius 3 is 2.53 bits per heavy atom. The number of nitrogens with zero attached hydrogens (tertiary/aromatic N) is 3. The molecule has 0 spiro atoms. The number of carboxylic acid groups (broad SMARTS) is 1. The van der Waals surface area contributed by atoms with E-state index in [1.165, 1.54) is 0 Å². The number of benzene rings is 1. The molecule has 176 valence electrons. The number of piperazine rings is 1. The van der Waals surface area contributed by atoms with E-state index >= 15 is 0 Å². The Kier molecular flexibility index (Phi) is 8.60. The lowest BCUT2D eigenvalue weighted by Gasteiger charge is -2.41. The molecule has 1 aromatic carbocycles. The number of rotatable bonds is 10. The molecule has 1 aromatic rings. The van der Waals surface area contributed by atoms with Gasteiger partial charge >= 0.3 is 5.97 Å². The number of hydrogen-bond donors (Lipinski definition) is 3. The quantitative estimate of drug-likeness (QED) is 0.446. The first-order valence-electron chi connectivity index (χ1n) is 11.4. The van der Waals surface area contributed by atoms with E-state index in [9.17, 15) is 19.5 Å². The largest absolute Gasteiger partial charge is 0.480 e. The minimum absolute atomic E-state index is 0.00300. The summed E-state index contributed by atoms with van der Waals surface area (Å²) in [5.41, 5.74) is 7.60. The highest BCUT2D eigenvalue weighted by atomic mass is 16.4. The van der Waals surface area contributed by atoms with Crippen LogP contribution in [-0.2, 0) is 16.1 Å². The molecule has 9 nitrogen and oxygen atoms in total. The lowest BCUT2D eigenvalue weighted by Crippen LogP contribution is -2.52. The fraction of sp³-hybridized carbons (Fsp3) is 0.609. The number of carboxylic acids is 1. The average Bonchev–Trinajstić information content (AvgIpc) is 2.79. The molecule has 3 rings (SSSR count). The van der Waals surface area contributed by atoms with Crippen molar-refractivity contribution < 1.29 is 19.5 Å². The summed E-state index contributed by atoms with van der Waals surface area (Å²) in [6.45, 7) is 6.36. The summed E-state index contributed by atoms with van der Waals surface area (Å²) in [5, 5.41) is 13.1. The van der Waals surface area contributed by atoms with Gasteiger partial charge in [0.2, 0.25) is 5.91 Å². The van der Waals surface area contributed by atoms with Crippen LogP contribution in [0.25, 0.3) is 0 Å². The zero-order chi connectivity index (χ0) is 23.1. The molecule has 4 N–H and O–H groups in total. The van der Waals surface area contributed by atoms with E-state index in [1.54, 1.807) is 18.0 Å². The molecule has 0 radical (unpaired) electrons. The van der Waals surface area contributed by atoms with E-state index in [4.69, 9.17) is 5.73 Å². The van der Waals surface area contributed by atoms with Crippen LogP contribution in [-0.4, -0.2) is 91.5 Å². The maximum atomic E-state index is 11.8. The van der Waals surface area contributed by atoms with Gasteiger partial charge in [-0.2, -0.15) is 0 Å². The van der Waals surface area contributed by atoms with E-state index in [0.29, 0.717) is 18.2 Å². The topological polar surface area (TPSA) is 119 Å². The number of anilines is 1. The molecule has 2 aliphatic heterocycles. The minimum atomic E-state index is -1.00. The van der Waals surface area contributed by atoms with Gasteiger partial charge in [0.1, 0.15) is 12.3 Å². The highest BCUT2D eigenvalue weighted by Crippen LogP contribution is 2.29. The fourth-order valence-corrected chi connectivity index (χ4v) is 4.86. The van der Waals surface area contributed by atoms with E-state index in [0.717, 1.165) is 69.6 Å². The van der Waals surface area contributed by atoms with Gasteiger partial charge in [-0.25, -0.2) is 0 Å². The summed E-state index contributed by atoms with van der Waals surface area (Å²) in [7, 11) is 1.71. The maximum Gasteiger partial charge on any atom is 0.320 e. The monoisotopic (exact) mass is 445 g/mol. The summed E-state index contributed by atoms with van der Waals surface area (Å²) in [5.74, 6) is -1.53. The molecular formula is C23H35N5O4. The first-order valence-corrected chi connectivity index (χ1v) is 11.4. The van der Waals surface area contributed by atoms with Crippen molar-refractivity contribution in [3.63, 3.8) is 0 Å². The van der Waals surface area contributed by atoms with Crippen molar-refractivity contribution >= 4 is 23.9 Å². The molecule has 0 aliphatic carbocycles. The van der Waals surface area contributed by atoms with Gasteiger partial charge in [0.25, 0.3) is 0 Å². The van der Waals surface area contributed by atoms with Crippen molar-refractivity contribution in [2.45, 2.75) is 44.3 Å². The maximum absolute atomic E-state index is 11.8. The van der Waals surface area contributed by atoms with Gasteiger partial charge in [-0.05, 0) is 37.9 Å². The summed E-state index contributed by atoms with van der Waals surface area (Å²) in [6, 6.07) is 5.40. The van der Waals surface area contributed by atoms with Crippen LogP contribution in [0.2, 0.25) is 0 Å². The number of aldehydes is 1. The van der Waals surface area contributed by atoms with Gasteiger partial charge in [-0.3, -0.25) is 24.2 Å². The summed E-state index contributed by atoms with van der Waals surface area (Å²) < 4.78 is 0. The second kappa shape index (κ2) is 11.4. The number of hydrogen-bond acceptors (Lipinski definition) is 7. The molecule has 0 saturated carbocycles. The Hall–Kier alpha value is -2.49. The van der Waals surface area contributed by atoms with E-state index in [1.807, 2.05) is 12.1 Å². The second-order valence-electron chi connectivity index (χ2n) is 8.74. The molecule has 0 aromatic heterocycles. The van der Waals surface area contributed by atoms with Crippen molar-refractivity contribution in [1.29, 1.82) is 0 Å². The van der Waals surface area contributed by atoms with E-state index in [-0.39, 0.29) is 12.8 Å². The molecule has 0 bridgehead atoms. The van der Waals surface area contributed by atoms with Crippen molar-refractivity contribution in [2.75, 3.05) is 51.2 Å². The van der Waals surface area contributed by atoms with Crippen molar-refractivity contribution in [3.05, 3.63) is 29.3 Å². The lowest BCUT2D eigenvalue weighted by molar-refractivity contribution is -0.143. The molecular weight excluding hydrogens is 410 g/mol. The molecule has 2 aliphatic rings. The number of amides is 1. The Balaban J connectivity index is 1.73. The predicted octanol–water partition coefficient (Wildman–Crippen LogP) is 0.524. The summed E-state index contributed by atoms with van der Waals surface area (Å²) in [4.78, 5) is 41.3. The van der Waals surface area contributed by atoms with Crippen LogP contribution in [0.4, 0.5) is 5.69 Å². The van der Waals surface area contributed by atoms with Gasteiger partial charge in [0.15, 0.2) is 0 Å². The van der Waals surface area contributed by atoms with Crippen molar-refractivity contribution in [1.82, 2.24) is 15.1 Å². The third kappa shape index (κ3) is 6.05. The molecule has 32 heavy (non-hydrogen) atoms. The average molecular weight is 446 g/mol. The van der Waals surface area contributed by atoms with Crippen molar-refractivity contribution in [3.8, 4) is 0 Å². The summed E-state index contributed by atoms with van der Waals surface area (Å²) >= 11 is 0. The minimum Gasteiger partial charge on any atom is -0.480 e. The number of nitrogens with one attached hydrogen (secondary N) is 1. The van der Waals surface area contributed by atoms with Gasteiger partial charge in [0.05, 0.1) is 0 Å². The van der Waals surface area contributed by atoms with Gasteiger partial charge in [-0.1, -0.05) is 12.1 Å². The Bertz CT molecular complexity index is 804. The molecule has 1 atom stereocenters. The van der Waals surface area contributed by atoms with Gasteiger partial charge in [-0.15, -0.1) is 0 Å². The standard InChI is InChI=1S/C23H35N5O4/c1-26(21(23(31)32)5-6-22(24)30)15-19-17(16-29)3-2-4-20(19)28-11-7-18(8-12-28)27-13-9-25-10-14-27/h2-4,16,18,21,25H,5-15H2,1H3,(H2,24,30)(H,31,32). The number of carbonyl (C=O) groups excluding carboxylic acids is 2. The Labute approximate surface area is 189 Å². The summed E-state index contributed by atoms with van der Waals surface area (Å²) in [6.07, 6.45) is 3.10. The predicted molar refractivity (Wildman–Crippen MR) is 123 cm³/mol. The van der Waals surface area contributed by atoms with Crippen LogP contribution in [0.15, 0.2) is 18.2 Å². The highest BCUT2D eigenvalue weighted by molar-refractivity contribution is 5.81. The first kappa shape index (κ1) is 24.2. The van der Waals surface area contributed by atoms with Crippen LogP contribution in [0.1, 0.15) is 41.6 Å². The normalized spacial score (nSPS) is 19.1. The molecule has 1 unspecified atom stereocenters. The van der Waals surface area contributed by atoms with Crippen LogP contribution < -0.4 is 16.0 Å². The number of aliphatic carboxylic acids is 1. The number of primary amides is 1. The van der Waals surface area contributed by atoms with Gasteiger partial charge < -0.3 is 21.1 Å². The van der Waals surface area contributed by atoms with Crippen LogP contribution >= 0.6 is 0 Å². The molecule has 2 heterocycles. The number of piperidine rings is 1. The number of nitrogens with two attached hydrogens (primary N) is 1. The molecule has 1 amide bonds. The number of carbonyl (C=O) groups is 3. The Morgan fingerprint density at radius 1 is 1.25 bits per heavy atom. The lowest BCUT2D eigenvalue weighted by atomic mass is 9.98. The van der Waals surface area contributed by atoms with Crippen LogP contribution in [0, 0.1) is 0 Å². The Morgan fingerprint density at radius 2 is 1.94 bits per heavy atom. The van der Waals surface area contributed by atoms with E-state index < -0.39 is 17.9 Å². The zero-order valence-electron chi connectivity index (χ0n) is 18.8.